The fourth-order valence-corrected chi connectivity index (χ4v) is 3.43. The standard InChI is InChI=1S/C24H29N3O3/c1-2-30-16-15-27(14-13-21-17-25-23-6-4-3-5-22(21)23)18-20-9-7-19(8-10-20)11-12-24(28)26-29/h3-12,17,25,29H,2,13-16,18H2,1H3,(H,26,28). The zero-order valence-corrected chi connectivity index (χ0v) is 17.3. The fraction of sp³-hybridized carbons (Fsp3) is 0.292. The van der Waals surface area contributed by atoms with Crippen LogP contribution in [0.4, 0.5) is 0 Å². The van der Waals surface area contributed by atoms with E-state index in [1.807, 2.05) is 25.1 Å². The smallest absolute Gasteiger partial charge is 0.267 e. The molecule has 0 atom stereocenters. The highest BCUT2D eigenvalue weighted by molar-refractivity contribution is 5.90. The third-order valence-electron chi connectivity index (χ3n) is 5.05. The molecule has 1 amide bonds. The minimum atomic E-state index is -0.543. The third kappa shape index (κ3) is 6.29. The Bertz CT molecular complexity index is 963. The van der Waals surface area contributed by atoms with Crippen LogP contribution in [0.5, 0.6) is 0 Å². The third-order valence-corrected chi connectivity index (χ3v) is 5.05. The van der Waals surface area contributed by atoms with Crippen molar-refractivity contribution in [2.45, 2.75) is 19.9 Å². The Morgan fingerprint density at radius 2 is 1.97 bits per heavy atom. The van der Waals surface area contributed by atoms with Crippen molar-refractivity contribution in [3.63, 3.8) is 0 Å². The van der Waals surface area contributed by atoms with Crippen molar-refractivity contribution in [3.8, 4) is 0 Å². The lowest BCUT2D eigenvalue weighted by atomic mass is 10.1. The summed E-state index contributed by atoms with van der Waals surface area (Å²) in [6, 6.07) is 16.5. The molecule has 1 aromatic heterocycles. The van der Waals surface area contributed by atoms with Gasteiger partial charge in [-0.3, -0.25) is 14.9 Å². The summed E-state index contributed by atoms with van der Waals surface area (Å²) < 4.78 is 5.58. The van der Waals surface area contributed by atoms with E-state index in [2.05, 4.69) is 46.4 Å². The summed E-state index contributed by atoms with van der Waals surface area (Å²) in [5.41, 5.74) is 6.20. The lowest BCUT2D eigenvalue weighted by molar-refractivity contribution is -0.124. The van der Waals surface area contributed by atoms with Crippen molar-refractivity contribution in [1.29, 1.82) is 0 Å². The summed E-state index contributed by atoms with van der Waals surface area (Å²) in [4.78, 5) is 16.9. The Hall–Kier alpha value is -2.93. The van der Waals surface area contributed by atoms with E-state index in [0.29, 0.717) is 6.61 Å². The van der Waals surface area contributed by atoms with Gasteiger partial charge in [-0.15, -0.1) is 0 Å². The molecule has 0 aliphatic rings. The molecule has 6 heteroatoms. The minimum Gasteiger partial charge on any atom is -0.380 e. The molecule has 0 aliphatic heterocycles. The van der Waals surface area contributed by atoms with Crippen molar-refractivity contribution >= 4 is 22.9 Å². The van der Waals surface area contributed by atoms with Gasteiger partial charge < -0.3 is 9.72 Å². The second kappa shape index (κ2) is 11.3. The van der Waals surface area contributed by atoms with E-state index < -0.39 is 5.91 Å². The first-order chi connectivity index (χ1) is 14.7. The van der Waals surface area contributed by atoms with Gasteiger partial charge in [0.15, 0.2) is 0 Å². The van der Waals surface area contributed by atoms with Crippen LogP contribution in [0.3, 0.4) is 0 Å². The van der Waals surface area contributed by atoms with Gasteiger partial charge in [0.2, 0.25) is 0 Å². The Balaban J connectivity index is 1.63. The quantitative estimate of drug-likeness (QED) is 0.196. The van der Waals surface area contributed by atoms with Crippen molar-refractivity contribution in [2.75, 3.05) is 26.3 Å². The number of hydroxylamine groups is 1. The number of H-pyrrole nitrogens is 1. The van der Waals surface area contributed by atoms with Gasteiger partial charge in [0, 0.05) is 49.4 Å². The molecule has 0 bridgehead atoms. The molecule has 3 aromatic rings. The van der Waals surface area contributed by atoms with Gasteiger partial charge >= 0.3 is 0 Å². The molecule has 0 spiro atoms. The van der Waals surface area contributed by atoms with Crippen LogP contribution in [-0.2, 0) is 22.5 Å². The SMILES string of the molecule is CCOCCN(CCc1c[nH]c2ccccc12)Cc1ccc(C=CC(=O)NO)cc1. The maximum Gasteiger partial charge on any atom is 0.267 e. The van der Waals surface area contributed by atoms with Crippen molar-refractivity contribution in [3.05, 3.63) is 77.5 Å². The van der Waals surface area contributed by atoms with Crippen LogP contribution in [0.25, 0.3) is 17.0 Å². The van der Waals surface area contributed by atoms with Crippen LogP contribution < -0.4 is 5.48 Å². The number of rotatable bonds is 11. The lowest BCUT2D eigenvalue weighted by Gasteiger charge is -2.22. The average molecular weight is 408 g/mol. The molecule has 0 saturated heterocycles. The first kappa shape index (κ1) is 21.8. The number of ether oxygens (including phenoxy) is 1. The first-order valence-electron chi connectivity index (χ1n) is 10.3. The van der Waals surface area contributed by atoms with Gasteiger partial charge in [0.1, 0.15) is 0 Å². The molecule has 0 unspecified atom stereocenters. The predicted octanol–water partition coefficient (Wildman–Crippen LogP) is 3.77. The lowest BCUT2D eigenvalue weighted by Crippen LogP contribution is -2.29. The monoisotopic (exact) mass is 407 g/mol. The number of carbonyl (C=O) groups excluding carboxylic acids is 1. The van der Waals surface area contributed by atoms with E-state index in [0.717, 1.165) is 38.2 Å². The number of amides is 1. The normalized spacial score (nSPS) is 11.6. The van der Waals surface area contributed by atoms with Gasteiger partial charge in [0.25, 0.3) is 5.91 Å². The number of fused-ring (bicyclic) bond motifs is 1. The van der Waals surface area contributed by atoms with Crippen molar-refractivity contribution in [1.82, 2.24) is 15.4 Å². The van der Waals surface area contributed by atoms with Crippen LogP contribution in [0.1, 0.15) is 23.6 Å². The molecule has 2 aromatic carbocycles. The highest BCUT2D eigenvalue weighted by Gasteiger charge is 2.09. The highest BCUT2D eigenvalue weighted by atomic mass is 16.5. The van der Waals surface area contributed by atoms with Crippen LogP contribution in [-0.4, -0.2) is 47.3 Å². The highest BCUT2D eigenvalue weighted by Crippen LogP contribution is 2.19. The van der Waals surface area contributed by atoms with Gasteiger partial charge in [-0.2, -0.15) is 0 Å². The maximum atomic E-state index is 11.1. The van der Waals surface area contributed by atoms with Gasteiger partial charge in [0.05, 0.1) is 6.61 Å². The Kier molecular flexibility index (Phi) is 8.20. The summed E-state index contributed by atoms with van der Waals surface area (Å²) in [6.45, 7) is 6.08. The molecule has 3 rings (SSSR count). The molecular weight excluding hydrogens is 378 g/mol. The zero-order valence-electron chi connectivity index (χ0n) is 17.3. The number of nitrogens with one attached hydrogen (secondary N) is 2. The van der Waals surface area contributed by atoms with E-state index in [-0.39, 0.29) is 0 Å². The second-order valence-electron chi connectivity index (χ2n) is 7.13. The zero-order chi connectivity index (χ0) is 21.2. The molecule has 1 heterocycles. The largest absolute Gasteiger partial charge is 0.380 e. The molecule has 3 N–H and O–H groups in total. The summed E-state index contributed by atoms with van der Waals surface area (Å²) in [7, 11) is 0. The number of aromatic amines is 1. The second-order valence-corrected chi connectivity index (χ2v) is 7.13. The summed E-state index contributed by atoms with van der Waals surface area (Å²) >= 11 is 0. The van der Waals surface area contributed by atoms with E-state index in [1.165, 1.54) is 28.1 Å². The number of carbonyl (C=O) groups is 1. The van der Waals surface area contributed by atoms with Crippen LogP contribution in [0.2, 0.25) is 0 Å². The summed E-state index contributed by atoms with van der Waals surface area (Å²) in [5.74, 6) is -0.543. The number of hydrogen-bond donors (Lipinski definition) is 3. The molecular formula is C24H29N3O3. The summed E-state index contributed by atoms with van der Waals surface area (Å²) in [5, 5.41) is 9.84. The number of nitrogens with zero attached hydrogens (tertiary/aromatic N) is 1. The topological polar surface area (TPSA) is 77.6 Å². The van der Waals surface area contributed by atoms with Crippen LogP contribution >= 0.6 is 0 Å². The van der Waals surface area contributed by atoms with E-state index >= 15 is 0 Å². The Morgan fingerprint density at radius 3 is 2.73 bits per heavy atom. The Labute approximate surface area is 177 Å². The number of aromatic nitrogens is 1. The Morgan fingerprint density at radius 1 is 1.17 bits per heavy atom. The molecule has 6 nitrogen and oxygen atoms in total. The van der Waals surface area contributed by atoms with Gasteiger partial charge in [-0.25, -0.2) is 5.48 Å². The van der Waals surface area contributed by atoms with Crippen LogP contribution in [0, 0.1) is 0 Å². The average Bonchev–Trinajstić information content (AvgIpc) is 3.20. The minimum absolute atomic E-state index is 0.543. The number of hydrogen-bond acceptors (Lipinski definition) is 4. The first-order valence-corrected chi connectivity index (χ1v) is 10.3. The summed E-state index contributed by atoms with van der Waals surface area (Å²) in [6.07, 6.45) is 6.03. The molecule has 0 saturated carbocycles. The molecule has 158 valence electrons. The molecule has 0 fully saturated rings. The van der Waals surface area contributed by atoms with E-state index in [9.17, 15) is 4.79 Å². The van der Waals surface area contributed by atoms with Crippen LogP contribution in [0.15, 0.2) is 60.8 Å². The number of benzene rings is 2. The molecule has 30 heavy (non-hydrogen) atoms. The van der Waals surface area contributed by atoms with E-state index in [4.69, 9.17) is 9.94 Å². The fourth-order valence-electron chi connectivity index (χ4n) is 3.43. The predicted molar refractivity (Wildman–Crippen MR) is 119 cm³/mol. The van der Waals surface area contributed by atoms with E-state index in [1.54, 1.807) is 11.6 Å². The van der Waals surface area contributed by atoms with Gasteiger partial charge in [-0.05, 0) is 42.2 Å². The van der Waals surface area contributed by atoms with Crippen molar-refractivity contribution < 1.29 is 14.7 Å². The number of para-hydroxylation sites is 1. The van der Waals surface area contributed by atoms with Gasteiger partial charge in [-0.1, -0.05) is 42.5 Å². The maximum absolute atomic E-state index is 11.1. The molecule has 0 aliphatic carbocycles. The molecule has 0 radical (unpaired) electrons. The van der Waals surface area contributed by atoms with Crippen molar-refractivity contribution in [2.24, 2.45) is 0 Å².